The van der Waals surface area contributed by atoms with Gasteiger partial charge < -0.3 is 10.4 Å². The van der Waals surface area contributed by atoms with Crippen molar-refractivity contribution in [2.24, 2.45) is 0 Å². The number of hydrogen-bond acceptors (Lipinski definition) is 2. The molecule has 0 aromatic heterocycles. The van der Waals surface area contributed by atoms with Crippen LogP contribution in [0.3, 0.4) is 0 Å². The first kappa shape index (κ1) is 18.3. The molecule has 136 valence electrons. The number of aliphatic carboxylic acids is 1. The second-order valence-corrected chi connectivity index (χ2v) is 6.14. The summed E-state index contributed by atoms with van der Waals surface area (Å²) in [4.78, 5) is 23.7. The number of benzene rings is 3. The second-order valence-electron chi connectivity index (χ2n) is 6.14. The van der Waals surface area contributed by atoms with Crippen LogP contribution in [0.15, 0.2) is 78.9 Å². The summed E-state index contributed by atoms with van der Waals surface area (Å²) >= 11 is 0. The summed E-state index contributed by atoms with van der Waals surface area (Å²) in [5.41, 5.74) is 3.11. The molecule has 3 aromatic carbocycles. The average Bonchev–Trinajstić information content (AvgIpc) is 2.69. The molecule has 3 rings (SSSR count). The molecule has 0 saturated carbocycles. The molecule has 0 heterocycles. The number of carboxylic acids is 1. The van der Waals surface area contributed by atoms with Crippen molar-refractivity contribution in [1.82, 2.24) is 5.32 Å². The molecule has 0 spiro atoms. The van der Waals surface area contributed by atoms with Gasteiger partial charge in [0.25, 0.3) is 5.91 Å². The number of hydrogen-bond donors (Lipinski definition) is 2. The van der Waals surface area contributed by atoms with E-state index >= 15 is 0 Å². The fraction of sp³-hybridized carbons (Fsp3) is 0.0909. The van der Waals surface area contributed by atoms with E-state index in [4.69, 9.17) is 0 Å². The Kier molecular flexibility index (Phi) is 5.61. The van der Waals surface area contributed by atoms with Crippen LogP contribution < -0.4 is 5.32 Å². The minimum Gasteiger partial charge on any atom is -0.480 e. The molecule has 0 aliphatic carbocycles. The van der Waals surface area contributed by atoms with E-state index in [1.54, 1.807) is 0 Å². The number of amides is 1. The van der Waals surface area contributed by atoms with Crippen molar-refractivity contribution in [3.8, 4) is 11.1 Å². The molecule has 0 saturated heterocycles. The van der Waals surface area contributed by atoms with E-state index in [1.807, 2.05) is 54.6 Å². The van der Waals surface area contributed by atoms with Crippen LogP contribution in [0.4, 0.5) is 4.39 Å². The summed E-state index contributed by atoms with van der Waals surface area (Å²) in [5, 5.41) is 11.9. The quantitative estimate of drug-likeness (QED) is 0.698. The summed E-state index contributed by atoms with van der Waals surface area (Å²) < 4.78 is 13.0. The van der Waals surface area contributed by atoms with E-state index < -0.39 is 23.7 Å². The molecule has 0 unspecified atom stereocenters. The van der Waals surface area contributed by atoms with Crippen molar-refractivity contribution in [3.63, 3.8) is 0 Å². The van der Waals surface area contributed by atoms with Crippen molar-refractivity contribution in [2.45, 2.75) is 12.5 Å². The van der Waals surface area contributed by atoms with E-state index in [-0.39, 0.29) is 12.0 Å². The first-order valence-corrected chi connectivity index (χ1v) is 8.46. The highest BCUT2D eigenvalue weighted by Gasteiger charge is 2.21. The van der Waals surface area contributed by atoms with Crippen LogP contribution in [-0.4, -0.2) is 23.0 Å². The molecular weight excluding hydrogens is 345 g/mol. The standard InChI is InChI=1S/C22H18FNO3/c23-19-12-10-18(11-13-19)21(25)24-20(22(26)27)14-15-6-8-17(9-7-15)16-4-2-1-3-5-16/h1-13,20H,14H2,(H,24,25)(H,26,27)/t20-/m1/s1. The zero-order valence-corrected chi connectivity index (χ0v) is 14.4. The summed E-state index contributed by atoms with van der Waals surface area (Å²) in [6.07, 6.45) is 0.150. The first-order valence-electron chi connectivity index (χ1n) is 8.46. The van der Waals surface area contributed by atoms with Crippen LogP contribution in [-0.2, 0) is 11.2 Å². The number of halogens is 1. The van der Waals surface area contributed by atoms with Gasteiger partial charge in [0.15, 0.2) is 0 Å². The van der Waals surface area contributed by atoms with Crippen molar-refractivity contribution in [3.05, 3.63) is 95.8 Å². The highest BCUT2D eigenvalue weighted by molar-refractivity contribution is 5.96. The number of carbonyl (C=O) groups excluding carboxylic acids is 1. The van der Waals surface area contributed by atoms with Gasteiger partial charge in [-0.15, -0.1) is 0 Å². The minimum atomic E-state index is -1.13. The molecule has 0 aliphatic rings. The molecule has 0 aliphatic heterocycles. The van der Waals surface area contributed by atoms with E-state index in [9.17, 15) is 19.1 Å². The van der Waals surface area contributed by atoms with Gasteiger partial charge in [0, 0.05) is 12.0 Å². The lowest BCUT2D eigenvalue weighted by atomic mass is 10.0. The largest absolute Gasteiger partial charge is 0.480 e. The molecule has 3 aromatic rings. The third-order valence-electron chi connectivity index (χ3n) is 4.21. The number of carbonyl (C=O) groups is 2. The summed E-state index contributed by atoms with van der Waals surface area (Å²) in [5.74, 6) is -2.14. The number of nitrogens with one attached hydrogen (secondary N) is 1. The predicted molar refractivity (Wildman–Crippen MR) is 101 cm³/mol. The Hall–Kier alpha value is -3.47. The molecule has 5 heteroatoms. The van der Waals surface area contributed by atoms with Gasteiger partial charge in [-0.1, -0.05) is 54.6 Å². The van der Waals surface area contributed by atoms with Crippen LogP contribution in [0, 0.1) is 5.82 Å². The summed E-state index contributed by atoms with van der Waals surface area (Å²) in [6.45, 7) is 0. The predicted octanol–water partition coefficient (Wildman–Crippen LogP) is 3.92. The van der Waals surface area contributed by atoms with E-state index in [2.05, 4.69) is 5.32 Å². The maximum atomic E-state index is 13.0. The van der Waals surface area contributed by atoms with Gasteiger partial charge in [0.2, 0.25) is 0 Å². The molecule has 2 N–H and O–H groups in total. The van der Waals surface area contributed by atoms with Crippen LogP contribution in [0.25, 0.3) is 11.1 Å². The Morgan fingerprint density at radius 2 is 1.44 bits per heavy atom. The smallest absolute Gasteiger partial charge is 0.326 e. The Labute approximate surface area is 156 Å². The van der Waals surface area contributed by atoms with Gasteiger partial charge in [0.1, 0.15) is 11.9 Å². The molecule has 0 radical (unpaired) electrons. The van der Waals surface area contributed by atoms with Crippen LogP contribution in [0.5, 0.6) is 0 Å². The Bertz CT molecular complexity index is 922. The zero-order valence-electron chi connectivity index (χ0n) is 14.4. The molecule has 0 bridgehead atoms. The van der Waals surface area contributed by atoms with E-state index in [1.165, 1.54) is 12.1 Å². The van der Waals surface area contributed by atoms with Gasteiger partial charge in [0.05, 0.1) is 0 Å². The van der Waals surface area contributed by atoms with Crippen molar-refractivity contribution in [1.29, 1.82) is 0 Å². The topological polar surface area (TPSA) is 66.4 Å². The van der Waals surface area contributed by atoms with Crippen LogP contribution >= 0.6 is 0 Å². The van der Waals surface area contributed by atoms with Gasteiger partial charge in [-0.3, -0.25) is 4.79 Å². The van der Waals surface area contributed by atoms with Gasteiger partial charge in [-0.05, 0) is 41.0 Å². The minimum absolute atomic E-state index is 0.150. The molecule has 4 nitrogen and oxygen atoms in total. The van der Waals surface area contributed by atoms with Gasteiger partial charge in [-0.2, -0.15) is 0 Å². The third-order valence-corrected chi connectivity index (χ3v) is 4.21. The first-order chi connectivity index (χ1) is 13.0. The van der Waals surface area contributed by atoms with Crippen molar-refractivity contribution < 1.29 is 19.1 Å². The monoisotopic (exact) mass is 363 g/mol. The molecule has 0 fully saturated rings. The molecule has 1 atom stereocenters. The SMILES string of the molecule is O=C(N[C@H](Cc1ccc(-c2ccccc2)cc1)C(=O)O)c1ccc(F)cc1. The van der Waals surface area contributed by atoms with Gasteiger partial charge in [-0.25, -0.2) is 9.18 Å². The molecular formula is C22H18FNO3. The van der Waals surface area contributed by atoms with E-state index in [0.717, 1.165) is 28.8 Å². The fourth-order valence-corrected chi connectivity index (χ4v) is 2.74. The second kappa shape index (κ2) is 8.27. The summed E-state index contributed by atoms with van der Waals surface area (Å²) in [6, 6.07) is 21.3. The normalized spacial score (nSPS) is 11.6. The third kappa shape index (κ3) is 4.79. The number of rotatable bonds is 6. The number of carboxylic acid groups (broad SMARTS) is 1. The van der Waals surface area contributed by atoms with Crippen molar-refractivity contribution >= 4 is 11.9 Å². The Morgan fingerprint density at radius 3 is 2.04 bits per heavy atom. The lowest BCUT2D eigenvalue weighted by Gasteiger charge is -2.15. The summed E-state index contributed by atoms with van der Waals surface area (Å²) in [7, 11) is 0. The lowest BCUT2D eigenvalue weighted by Crippen LogP contribution is -2.42. The van der Waals surface area contributed by atoms with Crippen LogP contribution in [0.2, 0.25) is 0 Å². The van der Waals surface area contributed by atoms with E-state index in [0.29, 0.717) is 0 Å². The average molecular weight is 363 g/mol. The fourth-order valence-electron chi connectivity index (χ4n) is 2.74. The van der Waals surface area contributed by atoms with Gasteiger partial charge >= 0.3 is 5.97 Å². The lowest BCUT2D eigenvalue weighted by molar-refractivity contribution is -0.139. The highest BCUT2D eigenvalue weighted by Crippen LogP contribution is 2.19. The zero-order chi connectivity index (χ0) is 19.2. The maximum Gasteiger partial charge on any atom is 0.326 e. The molecule has 27 heavy (non-hydrogen) atoms. The molecule has 1 amide bonds. The van der Waals surface area contributed by atoms with Crippen molar-refractivity contribution in [2.75, 3.05) is 0 Å². The van der Waals surface area contributed by atoms with Crippen LogP contribution in [0.1, 0.15) is 15.9 Å². The maximum absolute atomic E-state index is 13.0. The Balaban J connectivity index is 1.70. The highest BCUT2D eigenvalue weighted by atomic mass is 19.1. The Morgan fingerprint density at radius 1 is 0.852 bits per heavy atom.